The molecule has 3 atom stereocenters. The number of carbonyl (C=O) groups is 3. The Bertz CT molecular complexity index is 1460. The number of hydrogen-bond acceptors (Lipinski definition) is 6. The predicted molar refractivity (Wildman–Crippen MR) is 143 cm³/mol. The van der Waals surface area contributed by atoms with E-state index in [2.05, 4.69) is 54.6 Å². The first-order valence-electron chi connectivity index (χ1n) is 12.7. The number of thioether (sulfide) groups is 1. The van der Waals surface area contributed by atoms with E-state index in [-0.39, 0.29) is 25.4 Å². The summed E-state index contributed by atoms with van der Waals surface area (Å²) in [4.78, 5) is 37.4. The summed E-state index contributed by atoms with van der Waals surface area (Å²) < 4.78 is 18.8. The van der Waals surface area contributed by atoms with Crippen molar-refractivity contribution in [3.05, 3.63) is 60.2 Å². The molecule has 0 N–H and O–H groups in total. The highest BCUT2D eigenvalue weighted by Crippen LogP contribution is 2.37. The number of rotatable bonds is 8. The van der Waals surface area contributed by atoms with Crippen molar-refractivity contribution in [1.29, 1.82) is 0 Å². The number of benzene rings is 4. The smallest absolute Gasteiger partial charge is 0.302 e. The fourth-order valence-corrected chi connectivity index (χ4v) is 6.03. The molecule has 1 aliphatic heterocycles. The first kappa shape index (κ1) is 23.1. The molecule has 1 aliphatic rings. The standard InChI is InChI=1S/C29H29NO5S/c1-18(31)34-16-25-26(35-19(2)32)12-14-30(25)27(33)13-15-36-17-23-9-8-22-7-6-20-4-3-5-21-10-11-24(23)29(22)28(20)21/h3-11,25-26H,12-17H2,1-2H3/t25-,26+/m1/s1/i14T/t14-,25+,26-/m0. The highest BCUT2D eigenvalue weighted by atomic mass is 32.2. The SMILES string of the molecule is [3H][C@H]1C[C@H](OC(C)=O)[C@@H](COC(C)=O)N1C(=O)CCSCc1ccc2ccc3cccc4ccc1c2c34. The van der Waals surface area contributed by atoms with Crippen molar-refractivity contribution in [1.82, 2.24) is 4.90 Å². The van der Waals surface area contributed by atoms with Crippen molar-refractivity contribution in [3.63, 3.8) is 0 Å². The van der Waals surface area contributed by atoms with Crippen LogP contribution in [0.25, 0.3) is 32.3 Å². The fourth-order valence-electron chi connectivity index (χ4n) is 5.10. The van der Waals surface area contributed by atoms with Gasteiger partial charge in [-0.05, 0) is 37.9 Å². The number of amides is 1. The molecule has 4 aromatic rings. The average Bonchev–Trinajstić information content (AvgIpc) is 3.18. The topological polar surface area (TPSA) is 72.9 Å². The normalized spacial score (nSPS) is 20.2. The summed E-state index contributed by atoms with van der Waals surface area (Å²) in [5.74, 6) is 0.186. The van der Waals surface area contributed by atoms with Gasteiger partial charge in [-0.25, -0.2) is 0 Å². The molecule has 1 fully saturated rings. The van der Waals surface area contributed by atoms with Crippen LogP contribution < -0.4 is 0 Å². The second kappa shape index (κ2) is 10.3. The van der Waals surface area contributed by atoms with Crippen LogP contribution in [-0.4, -0.2) is 53.8 Å². The zero-order chi connectivity index (χ0) is 26.1. The Kier molecular flexibility index (Phi) is 6.64. The molecule has 4 aromatic carbocycles. The molecule has 36 heavy (non-hydrogen) atoms. The largest absolute Gasteiger partial charge is 0.464 e. The lowest BCUT2D eigenvalue weighted by Crippen LogP contribution is -2.44. The van der Waals surface area contributed by atoms with E-state index in [1.54, 1.807) is 11.8 Å². The maximum atomic E-state index is 13.1. The van der Waals surface area contributed by atoms with Crippen LogP contribution in [0.3, 0.4) is 0 Å². The van der Waals surface area contributed by atoms with Gasteiger partial charge < -0.3 is 14.4 Å². The number of carbonyl (C=O) groups excluding carboxylic acids is 3. The lowest BCUT2D eigenvalue weighted by molar-refractivity contribution is -0.153. The number of nitrogens with zero attached hydrogens (tertiary/aromatic N) is 1. The molecule has 1 heterocycles. The average molecular weight is 506 g/mol. The van der Waals surface area contributed by atoms with Gasteiger partial charge in [0.1, 0.15) is 18.8 Å². The lowest BCUT2D eigenvalue weighted by atomic mass is 9.92. The van der Waals surface area contributed by atoms with Crippen LogP contribution in [0, 0.1) is 0 Å². The molecule has 7 heteroatoms. The van der Waals surface area contributed by atoms with Gasteiger partial charge in [0.05, 0.1) is 0 Å². The van der Waals surface area contributed by atoms with E-state index in [1.807, 2.05) is 0 Å². The first-order chi connectivity index (χ1) is 17.8. The molecule has 0 unspecified atom stereocenters. The minimum Gasteiger partial charge on any atom is -0.464 e. The van der Waals surface area contributed by atoms with Crippen LogP contribution >= 0.6 is 11.8 Å². The van der Waals surface area contributed by atoms with Gasteiger partial charge in [-0.15, -0.1) is 0 Å². The van der Waals surface area contributed by atoms with Gasteiger partial charge in [0.15, 0.2) is 0 Å². The minimum absolute atomic E-state index is 0.0930. The highest BCUT2D eigenvalue weighted by Gasteiger charge is 2.39. The van der Waals surface area contributed by atoms with Crippen LogP contribution in [0.2, 0.25) is 0 Å². The molecule has 1 saturated heterocycles. The summed E-state index contributed by atoms with van der Waals surface area (Å²) in [6, 6.07) is 18.8. The van der Waals surface area contributed by atoms with Crippen molar-refractivity contribution in [3.8, 4) is 0 Å². The van der Waals surface area contributed by atoms with Crippen LogP contribution in [0.15, 0.2) is 54.6 Å². The maximum Gasteiger partial charge on any atom is 0.302 e. The molecule has 6 nitrogen and oxygen atoms in total. The second-order valence-electron chi connectivity index (χ2n) is 9.12. The third-order valence-corrected chi connectivity index (χ3v) is 7.73. The highest BCUT2D eigenvalue weighted by molar-refractivity contribution is 7.98. The zero-order valence-corrected chi connectivity index (χ0v) is 21.2. The first-order valence-corrected chi connectivity index (χ1v) is 13.3. The summed E-state index contributed by atoms with van der Waals surface area (Å²) in [7, 11) is 0. The van der Waals surface area contributed by atoms with Crippen molar-refractivity contribution < 1.29 is 25.2 Å². The molecule has 0 spiro atoms. The van der Waals surface area contributed by atoms with Gasteiger partial charge in [-0.3, -0.25) is 14.4 Å². The summed E-state index contributed by atoms with van der Waals surface area (Å²) in [5, 5.41) is 7.49. The Labute approximate surface area is 215 Å². The van der Waals surface area contributed by atoms with Crippen molar-refractivity contribution in [2.45, 2.75) is 44.6 Å². The zero-order valence-electron chi connectivity index (χ0n) is 21.4. The van der Waals surface area contributed by atoms with E-state index < -0.39 is 30.6 Å². The van der Waals surface area contributed by atoms with Crippen LogP contribution in [-0.2, 0) is 29.6 Å². The molecule has 1 amide bonds. The Morgan fingerprint density at radius 2 is 1.67 bits per heavy atom. The Morgan fingerprint density at radius 1 is 0.972 bits per heavy atom. The molecule has 186 valence electrons. The summed E-state index contributed by atoms with van der Waals surface area (Å²) >= 11 is 1.68. The van der Waals surface area contributed by atoms with Gasteiger partial charge >= 0.3 is 11.9 Å². The van der Waals surface area contributed by atoms with E-state index in [9.17, 15) is 14.4 Å². The monoisotopic (exact) mass is 505 g/mol. The van der Waals surface area contributed by atoms with Crippen LogP contribution in [0.1, 0.15) is 33.6 Å². The van der Waals surface area contributed by atoms with E-state index in [4.69, 9.17) is 10.8 Å². The van der Waals surface area contributed by atoms with Gasteiger partial charge in [-0.2, -0.15) is 11.8 Å². The van der Waals surface area contributed by atoms with E-state index in [1.165, 1.54) is 56.6 Å². The Morgan fingerprint density at radius 3 is 2.39 bits per heavy atom. The molecule has 0 bridgehead atoms. The van der Waals surface area contributed by atoms with Gasteiger partial charge in [0.2, 0.25) is 5.91 Å². The van der Waals surface area contributed by atoms with Crippen molar-refractivity contribution in [2.75, 3.05) is 18.9 Å². The quantitative estimate of drug-likeness (QED) is 0.184. The Balaban J connectivity index is 1.26. The van der Waals surface area contributed by atoms with Crippen molar-refractivity contribution in [2.24, 2.45) is 0 Å². The summed E-state index contributed by atoms with van der Waals surface area (Å²) in [6.07, 6.45) is -0.212. The molecule has 0 saturated carbocycles. The third-order valence-electron chi connectivity index (χ3n) is 6.72. The van der Waals surface area contributed by atoms with Crippen molar-refractivity contribution >= 4 is 61.9 Å². The third kappa shape index (κ3) is 4.85. The van der Waals surface area contributed by atoms with E-state index in [0.29, 0.717) is 5.75 Å². The molecule has 0 aromatic heterocycles. The van der Waals surface area contributed by atoms with E-state index in [0.717, 1.165) is 5.75 Å². The summed E-state index contributed by atoms with van der Waals surface area (Å²) in [5.41, 5.74) is 1.23. The van der Waals surface area contributed by atoms with Gasteiger partial charge in [0, 0.05) is 46.1 Å². The molecule has 0 aliphatic carbocycles. The number of hydrogen-bond donors (Lipinski definition) is 0. The predicted octanol–water partition coefficient (Wildman–Crippen LogP) is 5.30. The lowest BCUT2D eigenvalue weighted by Gasteiger charge is -2.27. The van der Waals surface area contributed by atoms with Gasteiger partial charge in [-0.1, -0.05) is 54.6 Å². The molecular weight excluding hydrogens is 474 g/mol. The van der Waals surface area contributed by atoms with E-state index >= 15 is 0 Å². The minimum atomic E-state index is -0.847. The molecular formula is C29H29NO5S. The number of esters is 2. The Hall–Kier alpha value is -3.32. The fraction of sp³-hybridized carbons (Fsp3) is 0.345. The van der Waals surface area contributed by atoms with Crippen LogP contribution in [0.5, 0.6) is 0 Å². The summed E-state index contributed by atoms with van der Waals surface area (Å²) in [6.45, 7) is 1.64. The number of likely N-dealkylation sites (tertiary alicyclic amines) is 1. The maximum absolute atomic E-state index is 13.1. The number of ether oxygens (including phenoxy) is 2. The molecule has 0 radical (unpaired) electrons. The van der Waals surface area contributed by atoms with Crippen LogP contribution in [0.4, 0.5) is 0 Å². The molecule has 5 rings (SSSR count). The van der Waals surface area contributed by atoms with Gasteiger partial charge in [0.25, 0.3) is 0 Å². The second-order valence-corrected chi connectivity index (χ2v) is 10.2.